The molecule has 108 valence electrons. The second kappa shape index (κ2) is 6.65. The molecule has 0 aliphatic rings. The highest BCUT2D eigenvalue weighted by Crippen LogP contribution is 2.11. The zero-order valence-corrected chi connectivity index (χ0v) is 13.0. The third kappa shape index (κ3) is 4.00. The normalized spacial score (nSPS) is 10.2. The average Bonchev–Trinajstić information content (AvgIpc) is 2.47. The maximum atomic E-state index is 12.2. The second-order valence-corrected chi connectivity index (χ2v) is 5.46. The first kappa shape index (κ1) is 15.4. The van der Waals surface area contributed by atoms with Crippen LogP contribution >= 0.6 is 23.8 Å². The molecule has 0 aliphatic carbocycles. The van der Waals surface area contributed by atoms with Gasteiger partial charge < -0.3 is 10.6 Å². The largest absolute Gasteiger partial charge is 0.389 e. The molecule has 0 unspecified atom stereocenters. The van der Waals surface area contributed by atoms with Gasteiger partial charge in [0.05, 0.1) is 5.02 Å². The van der Waals surface area contributed by atoms with Crippen molar-refractivity contribution in [3.05, 3.63) is 64.4 Å². The Balaban J connectivity index is 2.12. The van der Waals surface area contributed by atoms with Crippen molar-refractivity contribution in [3.63, 3.8) is 0 Å². The van der Waals surface area contributed by atoms with Gasteiger partial charge in [0.25, 0.3) is 5.91 Å². The Kier molecular flexibility index (Phi) is 4.88. The predicted octanol–water partition coefficient (Wildman–Crippen LogP) is 2.64. The molecule has 1 aromatic heterocycles. The van der Waals surface area contributed by atoms with Crippen LogP contribution in [0.5, 0.6) is 0 Å². The zero-order valence-electron chi connectivity index (χ0n) is 11.4. The van der Waals surface area contributed by atoms with Crippen molar-refractivity contribution in [2.24, 2.45) is 5.73 Å². The summed E-state index contributed by atoms with van der Waals surface area (Å²) < 4.78 is 0. The van der Waals surface area contributed by atoms with E-state index in [1.807, 2.05) is 24.3 Å². The fraction of sp³-hybridized carbons (Fsp3) is 0.133. The number of nitrogens with two attached hydrogens (primary N) is 1. The summed E-state index contributed by atoms with van der Waals surface area (Å²) in [5, 5.41) is 0.498. The molecule has 0 bridgehead atoms. The molecule has 6 heteroatoms. The smallest absolute Gasteiger partial charge is 0.272 e. The average molecular weight is 320 g/mol. The zero-order chi connectivity index (χ0) is 15.4. The number of pyridine rings is 1. The van der Waals surface area contributed by atoms with E-state index in [4.69, 9.17) is 29.6 Å². The van der Waals surface area contributed by atoms with E-state index >= 15 is 0 Å². The summed E-state index contributed by atoms with van der Waals surface area (Å²) in [4.78, 5) is 18.2. The Morgan fingerprint density at radius 2 is 2.14 bits per heavy atom. The summed E-state index contributed by atoms with van der Waals surface area (Å²) in [6, 6.07) is 10.7. The highest BCUT2D eigenvalue weighted by atomic mass is 35.5. The van der Waals surface area contributed by atoms with Gasteiger partial charge in [0.2, 0.25) is 0 Å². The predicted molar refractivity (Wildman–Crippen MR) is 87.4 cm³/mol. The number of benzene rings is 1. The lowest BCUT2D eigenvalue weighted by molar-refractivity contribution is 0.0779. The van der Waals surface area contributed by atoms with E-state index < -0.39 is 0 Å². The van der Waals surface area contributed by atoms with Crippen molar-refractivity contribution in [2.75, 3.05) is 7.05 Å². The first-order valence-electron chi connectivity index (χ1n) is 6.23. The summed E-state index contributed by atoms with van der Waals surface area (Å²) in [6.07, 6.45) is 1.45. The quantitative estimate of drug-likeness (QED) is 0.880. The highest BCUT2D eigenvalue weighted by molar-refractivity contribution is 7.80. The van der Waals surface area contributed by atoms with Crippen LogP contribution in [-0.2, 0) is 6.54 Å². The van der Waals surface area contributed by atoms with Gasteiger partial charge >= 0.3 is 0 Å². The summed E-state index contributed by atoms with van der Waals surface area (Å²) in [5.74, 6) is -0.174. The van der Waals surface area contributed by atoms with Gasteiger partial charge in [0.15, 0.2) is 0 Å². The van der Waals surface area contributed by atoms with Crippen molar-refractivity contribution in [3.8, 4) is 0 Å². The van der Waals surface area contributed by atoms with E-state index in [1.54, 1.807) is 24.1 Å². The molecule has 2 aromatic rings. The van der Waals surface area contributed by atoms with Crippen molar-refractivity contribution in [1.82, 2.24) is 9.88 Å². The number of hydrogen-bond acceptors (Lipinski definition) is 3. The van der Waals surface area contributed by atoms with Crippen LogP contribution in [-0.4, -0.2) is 27.8 Å². The SMILES string of the molecule is CN(Cc1cccc(C(N)=S)c1)C(=O)c1ccc(Cl)cn1. The Bertz CT molecular complexity index is 673. The minimum absolute atomic E-state index is 0.174. The Morgan fingerprint density at radius 1 is 1.38 bits per heavy atom. The molecule has 1 aromatic carbocycles. The van der Waals surface area contributed by atoms with Crippen LogP contribution in [0.2, 0.25) is 5.02 Å². The van der Waals surface area contributed by atoms with Crippen LogP contribution in [0, 0.1) is 0 Å². The van der Waals surface area contributed by atoms with Crippen LogP contribution in [0.25, 0.3) is 0 Å². The van der Waals surface area contributed by atoms with Gasteiger partial charge in [-0.05, 0) is 23.8 Å². The van der Waals surface area contributed by atoms with Gasteiger partial charge in [0, 0.05) is 25.4 Å². The molecular weight excluding hydrogens is 306 g/mol. The summed E-state index contributed by atoms with van der Waals surface area (Å²) >= 11 is 10.7. The first-order valence-corrected chi connectivity index (χ1v) is 7.02. The van der Waals surface area contributed by atoms with Gasteiger partial charge in [-0.2, -0.15) is 0 Å². The first-order chi connectivity index (χ1) is 9.97. The van der Waals surface area contributed by atoms with Gasteiger partial charge in [-0.3, -0.25) is 4.79 Å². The lowest BCUT2D eigenvalue weighted by Gasteiger charge is -2.17. The lowest BCUT2D eigenvalue weighted by Crippen LogP contribution is -2.27. The monoisotopic (exact) mass is 319 g/mol. The number of nitrogens with zero attached hydrogens (tertiary/aromatic N) is 2. The van der Waals surface area contributed by atoms with Crippen molar-refractivity contribution in [1.29, 1.82) is 0 Å². The maximum absolute atomic E-state index is 12.2. The summed E-state index contributed by atoms with van der Waals surface area (Å²) in [5.41, 5.74) is 7.70. The van der Waals surface area contributed by atoms with Crippen LogP contribution in [0.3, 0.4) is 0 Å². The molecule has 2 N–H and O–H groups in total. The molecule has 0 aliphatic heterocycles. The summed E-state index contributed by atoms with van der Waals surface area (Å²) in [6.45, 7) is 0.444. The van der Waals surface area contributed by atoms with E-state index in [0.717, 1.165) is 11.1 Å². The molecule has 4 nitrogen and oxygen atoms in total. The second-order valence-electron chi connectivity index (χ2n) is 4.59. The van der Waals surface area contributed by atoms with Crippen LogP contribution in [0.1, 0.15) is 21.6 Å². The molecule has 0 saturated carbocycles. The topological polar surface area (TPSA) is 59.2 Å². The third-order valence-electron chi connectivity index (χ3n) is 2.92. The summed E-state index contributed by atoms with van der Waals surface area (Å²) in [7, 11) is 1.71. The number of amides is 1. The molecule has 0 saturated heterocycles. The minimum Gasteiger partial charge on any atom is -0.389 e. The van der Waals surface area contributed by atoms with Gasteiger partial charge in [-0.25, -0.2) is 4.98 Å². The molecule has 21 heavy (non-hydrogen) atoms. The Hall–Kier alpha value is -1.98. The molecular formula is C15H14ClN3OS. The number of halogens is 1. The van der Waals surface area contributed by atoms with Crippen molar-refractivity contribution < 1.29 is 4.79 Å². The molecule has 1 heterocycles. The Morgan fingerprint density at radius 3 is 2.76 bits per heavy atom. The van der Waals surface area contributed by atoms with Crippen LogP contribution < -0.4 is 5.73 Å². The molecule has 0 fully saturated rings. The van der Waals surface area contributed by atoms with Gasteiger partial charge in [0.1, 0.15) is 10.7 Å². The molecule has 0 spiro atoms. The maximum Gasteiger partial charge on any atom is 0.272 e. The van der Waals surface area contributed by atoms with E-state index in [-0.39, 0.29) is 5.91 Å². The van der Waals surface area contributed by atoms with Crippen molar-refractivity contribution >= 4 is 34.7 Å². The van der Waals surface area contributed by atoms with Crippen molar-refractivity contribution in [2.45, 2.75) is 6.54 Å². The van der Waals surface area contributed by atoms with Crippen LogP contribution in [0.15, 0.2) is 42.6 Å². The Labute approximate surface area is 133 Å². The number of thiocarbonyl (C=S) groups is 1. The van der Waals surface area contributed by atoms with E-state index in [9.17, 15) is 4.79 Å². The van der Waals surface area contributed by atoms with E-state index in [2.05, 4.69) is 4.98 Å². The number of hydrogen-bond donors (Lipinski definition) is 1. The van der Waals surface area contributed by atoms with Crippen LogP contribution in [0.4, 0.5) is 0 Å². The van der Waals surface area contributed by atoms with E-state index in [0.29, 0.717) is 22.2 Å². The number of carbonyl (C=O) groups is 1. The lowest BCUT2D eigenvalue weighted by atomic mass is 10.1. The van der Waals surface area contributed by atoms with Gasteiger partial charge in [-0.1, -0.05) is 42.0 Å². The number of carbonyl (C=O) groups excluding carboxylic acids is 1. The molecule has 2 rings (SSSR count). The standard InChI is InChI=1S/C15H14ClN3OS/c1-19(15(20)13-6-5-12(16)8-18-13)9-10-3-2-4-11(7-10)14(17)21/h2-8H,9H2,1H3,(H2,17,21). The highest BCUT2D eigenvalue weighted by Gasteiger charge is 2.13. The number of aromatic nitrogens is 1. The van der Waals surface area contributed by atoms with Gasteiger partial charge in [-0.15, -0.1) is 0 Å². The molecule has 0 radical (unpaired) electrons. The molecule has 0 atom stereocenters. The third-order valence-corrected chi connectivity index (χ3v) is 3.38. The minimum atomic E-state index is -0.174. The number of rotatable bonds is 4. The molecule has 1 amide bonds. The van der Waals surface area contributed by atoms with E-state index in [1.165, 1.54) is 6.20 Å². The fourth-order valence-electron chi connectivity index (χ4n) is 1.87. The fourth-order valence-corrected chi connectivity index (χ4v) is 2.11.